The number of hydrogen-bond donors (Lipinski definition) is 2. The van der Waals surface area contributed by atoms with Gasteiger partial charge in [-0.1, -0.05) is 6.07 Å². The van der Waals surface area contributed by atoms with Crippen LogP contribution in [0.2, 0.25) is 0 Å². The van der Waals surface area contributed by atoms with Crippen LogP contribution in [0, 0.1) is 0 Å². The largest absolute Gasteiger partial charge is 0.465 e. The number of thiophene rings is 2. The van der Waals surface area contributed by atoms with Gasteiger partial charge in [-0.3, -0.25) is 0 Å². The Bertz CT molecular complexity index is 652. The SMILES string of the molecule is COC(=O)c1c(-c2cccs2)csc1NC(=S)NCCCSC. The fourth-order valence-electron chi connectivity index (χ4n) is 1.93. The molecule has 23 heavy (non-hydrogen) atoms. The smallest absolute Gasteiger partial charge is 0.341 e. The number of carbonyl (C=O) groups is 1. The number of carbonyl (C=O) groups excluding carboxylic acids is 1. The molecule has 0 aliphatic carbocycles. The molecule has 0 fully saturated rings. The summed E-state index contributed by atoms with van der Waals surface area (Å²) in [6.07, 6.45) is 3.12. The van der Waals surface area contributed by atoms with Crippen LogP contribution in [0.5, 0.6) is 0 Å². The average Bonchev–Trinajstić information content (AvgIpc) is 3.20. The Morgan fingerprint density at radius 1 is 1.43 bits per heavy atom. The van der Waals surface area contributed by atoms with Gasteiger partial charge in [0.15, 0.2) is 5.11 Å². The van der Waals surface area contributed by atoms with Crippen LogP contribution < -0.4 is 10.6 Å². The third-order valence-corrected chi connectivity index (χ3v) is 5.75. The number of rotatable bonds is 7. The van der Waals surface area contributed by atoms with Crippen molar-refractivity contribution < 1.29 is 9.53 Å². The lowest BCUT2D eigenvalue weighted by atomic mass is 10.1. The van der Waals surface area contributed by atoms with E-state index in [1.807, 2.05) is 22.9 Å². The molecule has 0 aliphatic rings. The Hall–Kier alpha value is -1.09. The second kappa shape index (κ2) is 9.27. The summed E-state index contributed by atoms with van der Waals surface area (Å²) in [4.78, 5) is 13.2. The zero-order valence-corrected chi connectivity index (χ0v) is 16.1. The Balaban J connectivity index is 2.12. The number of thioether (sulfide) groups is 1. The van der Waals surface area contributed by atoms with Crippen LogP contribution in [-0.2, 0) is 4.74 Å². The molecule has 0 radical (unpaired) electrons. The molecule has 0 amide bonds. The van der Waals surface area contributed by atoms with E-state index >= 15 is 0 Å². The minimum atomic E-state index is -0.359. The second-order valence-electron chi connectivity index (χ2n) is 4.55. The van der Waals surface area contributed by atoms with E-state index in [1.54, 1.807) is 23.1 Å². The summed E-state index contributed by atoms with van der Waals surface area (Å²) in [5.74, 6) is 0.729. The van der Waals surface area contributed by atoms with Gasteiger partial charge in [0.05, 0.1) is 7.11 Å². The predicted molar refractivity (Wildman–Crippen MR) is 106 cm³/mol. The molecular weight excluding hydrogens is 368 g/mol. The van der Waals surface area contributed by atoms with Crippen molar-refractivity contribution in [3.05, 3.63) is 28.5 Å². The molecule has 2 aromatic heterocycles. The number of methoxy groups -OCH3 is 1. The van der Waals surface area contributed by atoms with E-state index in [1.165, 1.54) is 18.4 Å². The summed E-state index contributed by atoms with van der Waals surface area (Å²) in [5.41, 5.74) is 1.41. The molecule has 0 saturated carbocycles. The molecule has 2 N–H and O–H groups in total. The summed E-state index contributed by atoms with van der Waals surface area (Å²) in [6.45, 7) is 0.809. The number of anilines is 1. The summed E-state index contributed by atoms with van der Waals surface area (Å²) in [5, 5.41) is 11.5. The predicted octanol–water partition coefficient (Wildman–Crippen LogP) is 4.30. The minimum absolute atomic E-state index is 0.359. The third-order valence-electron chi connectivity index (χ3n) is 3.01. The zero-order chi connectivity index (χ0) is 16.7. The number of nitrogens with one attached hydrogen (secondary N) is 2. The number of hydrogen-bond acceptors (Lipinski definition) is 6. The maximum Gasteiger partial charge on any atom is 0.341 e. The summed E-state index contributed by atoms with van der Waals surface area (Å²) >= 11 is 10.2. The van der Waals surface area contributed by atoms with Crippen LogP contribution in [0.1, 0.15) is 16.8 Å². The van der Waals surface area contributed by atoms with E-state index in [2.05, 4.69) is 16.9 Å². The standard InChI is InChI=1S/C15H18N2O2S4/c1-19-14(18)12-10(11-5-3-8-22-11)9-23-13(12)17-15(20)16-6-4-7-21-2/h3,5,8-9H,4,6-7H2,1-2H3,(H2,16,17,20). The highest BCUT2D eigenvalue weighted by molar-refractivity contribution is 7.98. The topological polar surface area (TPSA) is 50.4 Å². The zero-order valence-electron chi connectivity index (χ0n) is 12.9. The van der Waals surface area contributed by atoms with Gasteiger partial charge in [-0.2, -0.15) is 11.8 Å². The molecule has 8 heteroatoms. The van der Waals surface area contributed by atoms with Gasteiger partial charge in [0.1, 0.15) is 10.6 Å². The highest BCUT2D eigenvalue weighted by Gasteiger charge is 2.22. The van der Waals surface area contributed by atoms with Crippen LogP contribution >= 0.6 is 46.7 Å². The van der Waals surface area contributed by atoms with E-state index < -0.39 is 0 Å². The van der Waals surface area contributed by atoms with Crippen LogP contribution in [-0.4, -0.2) is 36.7 Å². The molecule has 0 saturated heterocycles. The first-order valence-corrected chi connectivity index (χ1v) is 10.5. The highest BCUT2D eigenvalue weighted by atomic mass is 32.2. The van der Waals surface area contributed by atoms with Crippen LogP contribution in [0.3, 0.4) is 0 Å². The quantitative estimate of drug-likeness (QED) is 0.420. The summed E-state index contributed by atoms with van der Waals surface area (Å²) < 4.78 is 4.93. The first-order valence-electron chi connectivity index (χ1n) is 6.94. The van der Waals surface area contributed by atoms with E-state index in [9.17, 15) is 4.79 Å². The van der Waals surface area contributed by atoms with E-state index in [4.69, 9.17) is 17.0 Å². The van der Waals surface area contributed by atoms with Crippen LogP contribution in [0.4, 0.5) is 5.00 Å². The van der Waals surface area contributed by atoms with Crippen LogP contribution in [0.25, 0.3) is 10.4 Å². The Kier molecular flexibility index (Phi) is 7.35. The van der Waals surface area contributed by atoms with Crippen molar-refractivity contribution in [2.75, 3.05) is 31.0 Å². The van der Waals surface area contributed by atoms with Crippen molar-refractivity contribution in [1.82, 2.24) is 5.32 Å². The average molecular weight is 387 g/mol. The lowest BCUT2D eigenvalue weighted by molar-refractivity contribution is 0.0603. The van der Waals surface area contributed by atoms with Gasteiger partial charge < -0.3 is 15.4 Å². The molecule has 0 atom stereocenters. The first kappa shape index (κ1) is 18.3. The van der Waals surface area contributed by atoms with Crippen molar-refractivity contribution >= 4 is 62.7 Å². The molecule has 0 spiro atoms. The van der Waals surface area contributed by atoms with E-state index in [0.717, 1.165) is 29.2 Å². The molecule has 4 nitrogen and oxygen atoms in total. The molecule has 2 aromatic rings. The Morgan fingerprint density at radius 3 is 2.91 bits per heavy atom. The fraction of sp³-hybridized carbons (Fsp3) is 0.333. The molecule has 0 unspecified atom stereocenters. The Morgan fingerprint density at radius 2 is 2.26 bits per heavy atom. The second-order valence-corrected chi connectivity index (χ2v) is 7.77. The van der Waals surface area contributed by atoms with E-state index in [0.29, 0.717) is 15.7 Å². The molecule has 124 valence electrons. The van der Waals surface area contributed by atoms with Gasteiger partial charge in [0.2, 0.25) is 0 Å². The summed E-state index contributed by atoms with van der Waals surface area (Å²) in [7, 11) is 1.39. The molecule has 2 rings (SSSR count). The van der Waals surface area contributed by atoms with Crippen molar-refractivity contribution in [3.63, 3.8) is 0 Å². The van der Waals surface area contributed by atoms with Gasteiger partial charge in [-0.15, -0.1) is 22.7 Å². The molecule has 0 aromatic carbocycles. The number of ether oxygens (including phenoxy) is 1. The summed E-state index contributed by atoms with van der Waals surface area (Å²) in [6, 6.07) is 3.95. The van der Waals surface area contributed by atoms with Gasteiger partial charge in [-0.25, -0.2) is 4.79 Å². The highest BCUT2D eigenvalue weighted by Crippen LogP contribution is 2.38. The van der Waals surface area contributed by atoms with Crippen molar-refractivity contribution in [2.24, 2.45) is 0 Å². The lowest BCUT2D eigenvalue weighted by Crippen LogP contribution is -2.29. The number of esters is 1. The third kappa shape index (κ3) is 4.94. The molecule has 0 bridgehead atoms. The Labute approximate surface area is 153 Å². The van der Waals surface area contributed by atoms with Crippen molar-refractivity contribution in [1.29, 1.82) is 0 Å². The lowest BCUT2D eigenvalue weighted by Gasteiger charge is -2.10. The monoisotopic (exact) mass is 386 g/mol. The van der Waals surface area contributed by atoms with Gasteiger partial charge in [-0.05, 0) is 42.1 Å². The molecule has 2 heterocycles. The molecule has 0 aliphatic heterocycles. The van der Waals surface area contributed by atoms with E-state index in [-0.39, 0.29) is 5.97 Å². The maximum atomic E-state index is 12.2. The maximum absolute atomic E-state index is 12.2. The van der Waals surface area contributed by atoms with Crippen molar-refractivity contribution in [3.8, 4) is 10.4 Å². The fourth-order valence-corrected chi connectivity index (χ4v) is 4.41. The number of thiocarbonyl (C=S) groups is 1. The van der Waals surface area contributed by atoms with Crippen molar-refractivity contribution in [2.45, 2.75) is 6.42 Å². The van der Waals surface area contributed by atoms with Gasteiger partial charge >= 0.3 is 5.97 Å². The first-order chi connectivity index (χ1) is 11.2. The molecular formula is C15H18N2O2S4. The van der Waals surface area contributed by atoms with Gasteiger partial charge in [0, 0.05) is 22.4 Å². The van der Waals surface area contributed by atoms with Gasteiger partial charge in [0.25, 0.3) is 0 Å². The minimum Gasteiger partial charge on any atom is -0.465 e. The normalized spacial score (nSPS) is 10.3. The van der Waals surface area contributed by atoms with Crippen LogP contribution in [0.15, 0.2) is 22.9 Å².